The lowest BCUT2D eigenvalue weighted by molar-refractivity contribution is 0.814. The highest BCUT2D eigenvalue weighted by Crippen LogP contribution is 2.19. The molecule has 80 valence electrons. The van der Waals surface area contributed by atoms with Crippen LogP contribution in [-0.2, 0) is 0 Å². The van der Waals surface area contributed by atoms with Gasteiger partial charge in [-0.15, -0.1) is 6.58 Å². The average molecular weight is 200 g/mol. The highest BCUT2D eigenvalue weighted by molar-refractivity contribution is 5.66. The van der Waals surface area contributed by atoms with Gasteiger partial charge in [-0.05, 0) is 24.0 Å². The monoisotopic (exact) mass is 200 g/mol. The van der Waals surface area contributed by atoms with Crippen molar-refractivity contribution < 1.29 is 0 Å². The largest absolute Gasteiger partial charge is 0.103 e. The van der Waals surface area contributed by atoms with Crippen LogP contribution in [0.4, 0.5) is 0 Å². The summed E-state index contributed by atoms with van der Waals surface area (Å²) in [6.45, 7) is 6.04. The van der Waals surface area contributed by atoms with Gasteiger partial charge in [0.25, 0.3) is 0 Å². The van der Waals surface area contributed by atoms with E-state index in [4.69, 9.17) is 0 Å². The van der Waals surface area contributed by atoms with Gasteiger partial charge in [0.15, 0.2) is 0 Å². The van der Waals surface area contributed by atoms with Crippen molar-refractivity contribution >= 4 is 5.57 Å². The molecule has 1 aromatic rings. The van der Waals surface area contributed by atoms with E-state index in [1.165, 1.54) is 30.4 Å². The minimum Gasteiger partial charge on any atom is -0.103 e. The van der Waals surface area contributed by atoms with Crippen LogP contribution in [0.5, 0.6) is 0 Å². The summed E-state index contributed by atoms with van der Waals surface area (Å²) in [7, 11) is 0. The molecule has 0 spiro atoms. The van der Waals surface area contributed by atoms with E-state index in [1.807, 2.05) is 6.08 Å². The Hall–Kier alpha value is -1.30. The Kier molecular flexibility index (Phi) is 5.54. The SMILES string of the molecule is C=CC/C(=C/CCCC)c1ccccc1. The molecule has 0 nitrogen and oxygen atoms in total. The van der Waals surface area contributed by atoms with Gasteiger partial charge in [0.1, 0.15) is 0 Å². The van der Waals surface area contributed by atoms with Crippen molar-refractivity contribution in [2.24, 2.45) is 0 Å². The first-order chi connectivity index (χ1) is 7.38. The lowest BCUT2D eigenvalue weighted by Crippen LogP contribution is -1.83. The van der Waals surface area contributed by atoms with Crippen LogP contribution in [0.2, 0.25) is 0 Å². The zero-order chi connectivity index (χ0) is 10.9. The van der Waals surface area contributed by atoms with Gasteiger partial charge in [-0.3, -0.25) is 0 Å². The smallest absolute Gasteiger partial charge is 0.00974 e. The van der Waals surface area contributed by atoms with Crippen molar-refractivity contribution in [2.45, 2.75) is 32.6 Å². The standard InChI is InChI=1S/C15H20/c1-3-5-7-11-14(10-4-2)15-12-8-6-9-13-15/h4,6,8-9,11-13H,2-3,5,7,10H2,1H3/b14-11-. The van der Waals surface area contributed by atoms with Gasteiger partial charge < -0.3 is 0 Å². The molecule has 0 aliphatic heterocycles. The van der Waals surface area contributed by atoms with Crippen LogP contribution in [0.25, 0.3) is 5.57 Å². The van der Waals surface area contributed by atoms with E-state index in [0.717, 1.165) is 6.42 Å². The van der Waals surface area contributed by atoms with Crippen molar-refractivity contribution in [3.05, 3.63) is 54.6 Å². The molecular formula is C15H20. The summed E-state index contributed by atoms with van der Waals surface area (Å²) in [5, 5.41) is 0. The first-order valence-electron chi connectivity index (χ1n) is 5.73. The maximum absolute atomic E-state index is 3.81. The molecule has 1 aromatic carbocycles. The van der Waals surface area contributed by atoms with Crippen molar-refractivity contribution in [2.75, 3.05) is 0 Å². The average Bonchev–Trinajstić information content (AvgIpc) is 2.29. The highest BCUT2D eigenvalue weighted by Gasteiger charge is 1.97. The number of rotatable bonds is 6. The van der Waals surface area contributed by atoms with Crippen molar-refractivity contribution in [3.8, 4) is 0 Å². The minimum absolute atomic E-state index is 0.966. The fraction of sp³-hybridized carbons (Fsp3) is 0.333. The van der Waals surface area contributed by atoms with Crippen molar-refractivity contribution in [1.82, 2.24) is 0 Å². The summed E-state index contributed by atoms with van der Waals surface area (Å²) < 4.78 is 0. The molecule has 0 aliphatic rings. The Balaban J connectivity index is 2.73. The molecule has 0 radical (unpaired) electrons. The minimum atomic E-state index is 0.966. The molecule has 15 heavy (non-hydrogen) atoms. The topological polar surface area (TPSA) is 0 Å². The Labute approximate surface area is 93.3 Å². The summed E-state index contributed by atoms with van der Waals surface area (Å²) in [5.41, 5.74) is 2.73. The zero-order valence-corrected chi connectivity index (χ0v) is 9.58. The van der Waals surface area contributed by atoms with Crippen LogP contribution >= 0.6 is 0 Å². The zero-order valence-electron chi connectivity index (χ0n) is 9.58. The van der Waals surface area contributed by atoms with Gasteiger partial charge in [0, 0.05) is 0 Å². The van der Waals surface area contributed by atoms with E-state index in [9.17, 15) is 0 Å². The van der Waals surface area contributed by atoms with Gasteiger partial charge in [-0.1, -0.05) is 62.2 Å². The molecule has 1 rings (SSSR count). The Bertz CT molecular complexity index is 306. The summed E-state index contributed by atoms with van der Waals surface area (Å²) in [4.78, 5) is 0. The third-order valence-electron chi connectivity index (χ3n) is 2.46. The molecule has 0 unspecified atom stereocenters. The number of benzene rings is 1. The van der Waals surface area contributed by atoms with Gasteiger partial charge >= 0.3 is 0 Å². The summed E-state index contributed by atoms with van der Waals surface area (Å²) in [6, 6.07) is 10.6. The fourth-order valence-corrected chi connectivity index (χ4v) is 1.61. The first kappa shape index (κ1) is 11.8. The van der Waals surface area contributed by atoms with E-state index in [0.29, 0.717) is 0 Å². The molecule has 0 aromatic heterocycles. The van der Waals surface area contributed by atoms with E-state index in [2.05, 4.69) is 49.9 Å². The Morgan fingerprint density at radius 1 is 1.27 bits per heavy atom. The van der Waals surface area contributed by atoms with E-state index in [1.54, 1.807) is 0 Å². The number of unbranched alkanes of at least 4 members (excludes halogenated alkanes) is 2. The number of hydrogen-bond donors (Lipinski definition) is 0. The van der Waals surface area contributed by atoms with Crippen LogP contribution in [0.15, 0.2) is 49.1 Å². The maximum Gasteiger partial charge on any atom is -0.00974 e. The van der Waals surface area contributed by atoms with E-state index >= 15 is 0 Å². The highest BCUT2D eigenvalue weighted by atomic mass is 14.0. The van der Waals surface area contributed by atoms with Crippen LogP contribution in [0.1, 0.15) is 38.2 Å². The molecule has 0 bridgehead atoms. The predicted octanol–water partition coefficient (Wildman–Crippen LogP) is 4.84. The Morgan fingerprint density at radius 3 is 2.60 bits per heavy atom. The molecule has 0 saturated heterocycles. The predicted molar refractivity (Wildman–Crippen MR) is 68.8 cm³/mol. The maximum atomic E-state index is 3.81. The molecule has 0 heteroatoms. The van der Waals surface area contributed by atoms with Crippen LogP contribution in [0.3, 0.4) is 0 Å². The van der Waals surface area contributed by atoms with Gasteiger partial charge in [-0.2, -0.15) is 0 Å². The van der Waals surface area contributed by atoms with E-state index in [-0.39, 0.29) is 0 Å². The molecule has 0 atom stereocenters. The molecular weight excluding hydrogens is 180 g/mol. The number of allylic oxidation sites excluding steroid dienone is 3. The second kappa shape index (κ2) is 7.05. The summed E-state index contributed by atoms with van der Waals surface area (Å²) in [5.74, 6) is 0. The number of hydrogen-bond acceptors (Lipinski definition) is 0. The van der Waals surface area contributed by atoms with Crippen LogP contribution in [0, 0.1) is 0 Å². The molecule has 0 N–H and O–H groups in total. The van der Waals surface area contributed by atoms with Crippen LogP contribution in [-0.4, -0.2) is 0 Å². The lowest BCUT2D eigenvalue weighted by Gasteiger charge is -2.05. The second-order valence-corrected chi connectivity index (χ2v) is 3.73. The molecule has 0 heterocycles. The first-order valence-corrected chi connectivity index (χ1v) is 5.73. The summed E-state index contributed by atoms with van der Waals surface area (Å²) in [6.07, 6.45) is 8.99. The van der Waals surface area contributed by atoms with Gasteiger partial charge in [0.2, 0.25) is 0 Å². The van der Waals surface area contributed by atoms with E-state index < -0.39 is 0 Å². The second-order valence-electron chi connectivity index (χ2n) is 3.73. The Morgan fingerprint density at radius 2 is 2.00 bits per heavy atom. The molecule has 0 saturated carbocycles. The van der Waals surface area contributed by atoms with Crippen molar-refractivity contribution in [1.29, 1.82) is 0 Å². The third kappa shape index (κ3) is 4.16. The third-order valence-corrected chi connectivity index (χ3v) is 2.46. The van der Waals surface area contributed by atoms with Crippen molar-refractivity contribution in [3.63, 3.8) is 0 Å². The molecule has 0 aliphatic carbocycles. The van der Waals surface area contributed by atoms with Crippen LogP contribution < -0.4 is 0 Å². The van der Waals surface area contributed by atoms with Gasteiger partial charge in [-0.25, -0.2) is 0 Å². The van der Waals surface area contributed by atoms with Gasteiger partial charge in [0.05, 0.1) is 0 Å². The lowest BCUT2D eigenvalue weighted by atomic mass is 10.0. The summed E-state index contributed by atoms with van der Waals surface area (Å²) >= 11 is 0. The molecule has 0 amide bonds. The normalized spacial score (nSPS) is 11.4. The molecule has 0 fully saturated rings. The quantitative estimate of drug-likeness (QED) is 0.455. The fourth-order valence-electron chi connectivity index (χ4n) is 1.61.